The molecule has 13 heavy (non-hydrogen) atoms. The van der Waals surface area contributed by atoms with Crippen LogP contribution in [0.15, 0.2) is 12.2 Å². The zero-order chi connectivity index (χ0) is 9.42. The van der Waals surface area contributed by atoms with Crippen molar-refractivity contribution in [1.29, 1.82) is 0 Å². The van der Waals surface area contributed by atoms with Crippen molar-refractivity contribution in [2.45, 2.75) is 39.2 Å². The average molecular weight is 180 g/mol. The lowest BCUT2D eigenvalue weighted by Crippen LogP contribution is -2.28. The Bertz CT molecular complexity index is 205. The summed E-state index contributed by atoms with van der Waals surface area (Å²) >= 11 is 0. The average Bonchev–Trinajstić information content (AvgIpc) is 2.85. The van der Waals surface area contributed by atoms with E-state index in [0.29, 0.717) is 6.10 Å². The molecule has 2 fully saturated rings. The molecule has 2 rings (SSSR count). The summed E-state index contributed by atoms with van der Waals surface area (Å²) in [7, 11) is 0. The summed E-state index contributed by atoms with van der Waals surface area (Å²) in [6.07, 6.45) is 4.63. The molecule has 0 amide bonds. The van der Waals surface area contributed by atoms with E-state index in [1.54, 1.807) is 0 Å². The van der Waals surface area contributed by atoms with Gasteiger partial charge in [0.15, 0.2) is 0 Å². The normalized spacial score (nSPS) is 44.5. The van der Waals surface area contributed by atoms with Crippen LogP contribution < -0.4 is 0 Å². The summed E-state index contributed by atoms with van der Waals surface area (Å²) in [5.41, 5.74) is 1.37. The van der Waals surface area contributed by atoms with E-state index in [1.165, 1.54) is 24.8 Å². The van der Waals surface area contributed by atoms with Gasteiger partial charge in [-0.15, -0.1) is 0 Å². The predicted molar refractivity (Wildman–Crippen MR) is 54.5 cm³/mol. The molecule has 1 nitrogen and oxygen atoms in total. The Hall–Kier alpha value is -0.300. The topological polar surface area (TPSA) is 12.5 Å². The fraction of sp³-hybridized carbons (Fsp3) is 0.833. The van der Waals surface area contributed by atoms with Gasteiger partial charge in [-0.05, 0) is 37.5 Å². The molecule has 0 N–H and O–H groups in total. The number of ether oxygens (including phenoxy) is 1. The Morgan fingerprint density at radius 1 is 1.38 bits per heavy atom. The second-order valence-electron chi connectivity index (χ2n) is 4.91. The lowest BCUT2D eigenvalue weighted by atomic mass is 9.71. The molecule has 74 valence electrons. The van der Waals surface area contributed by atoms with Crippen molar-refractivity contribution in [2.24, 2.45) is 17.8 Å². The van der Waals surface area contributed by atoms with Gasteiger partial charge in [0.1, 0.15) is 0 Å². The molecule has 1 heterocycles. The molecular formula is C12H20O. The molecular weight excluding hydrogens is 160 g/mol. The third-order valence-corrected chi connectivity index (χ3v) is 3.63. The van der Waals surface area contributed by atoms with Gasteiger partial charge in [-0.2, -0.15) is 0 Å². The van der Waals surface area contributed by atoms with Crippen LogP contribution in [-0.2, 0) is 4.74 Å². The summed E-state index contributed by atoms with van der Waals surface area (Å²) in [6.45, 7) is 9.65. The molecule has 0 aromatic rings. The van der Waals surface area contributed by atoms with Crippen molar-refractivity contribution in [3.05, 3.63) is 12.2 Å². The Morgan fingerprint density at radius 2 is 2.08 bits per heavy atom. The van der Waals surface area contributed by atoms with E-state index in [0.717, 1.165) is 24.4 Å². The standard InChI is InChI=1S/C12H20O/c1-8(2)10-5-4-9(3)6-11(10)12-7-13-12/h9-12H,1,4-7H2,2-3H3. The monoisotopic (exact) mass is 180 g/mol. The molecule has 4 atom stereocenters. The number of rotatable bonds is 2. The van der Waals surface area contributed by atoms with Gasteiger partial charge >= 0.3 is 0 Å². The molecule has 0 bridgehead atoms. The highest BCUT2D eigenvalue weighted by Gasteiger charge is 2.40. The van der Waals surface area contributed by atoms with Crippen LogP contribution in [-0.4, -0.2) is 12.7 Å². The smallest absolute Gasteiger partial charge is 0.0843 e. The lowest BCUT2D eigenvalue weighted by molar-refractivity contribution is 0.173. The molecule has 0 spiro atoms. The van der Waals surface area contributed by atoms with Crippen LogP contribution in [0.4, 0.5) is 0 Å². The maximum Gasteiger partial charge on any atom is 0.0843 e. The number of hydrogen-bond acceptors (Lipinski definition) is 1. The van der Waals surface area contributed by atoms with Gasteiger partial charge in [-0.1, -0.05) is 25.5 Å². The zero-order valence-electron chi connectivity index (χ0n) is 8.75. The van der Waals surface area contributed by atoms with E-state index in [1.807, 2.05) is 0 Å². The summed E-state index contributed by atoms with van der Waals surface area (Å²) < 4.78 is 5.44. The molecule has 2 aliphatic rings. The van der Waals surface area contributed by atoms with Gasteiger partial charge in [0.05, 0.1) is 12.7 Å². The number of hydrogen-bond donors (Lipinski definition) is 0. The molecule has 4 unspecified atom stereocenters. The second-order valence-corrected chi connectivity index (χ2v) is 4.91. The van der Waals surface area contributed by atoms with Gasteiger partial charge < -0.3 is 4.74 Å². The van der Waals surface area contributed by atoms with E-state index >= 15 is 0 Å². The summed E-state index contributed by atoms with van der Waals surface area (Å²) in [6, 6.07) is 0. The van der Waals surface area contributed by atoms with Crippen molar-refractivity contribution < 1.29 is 4.74 Å². The first kappa shape index (κ1) is 9.26. The van der Waals surface area contributed by atoms with Crippen LogP contribution in [0.5, 0.6) is 0 Å². The molecule has 1 saturated heterocycles. The van der Waals surface area contributed by atoms with Crippen molar-refractivity contribution in [3.8, 4) is 0 Å². The molecule has 0 aromatic heterocycles. The van der Waals surface area contributed by atoms with Gasteiger partial charge in [-0.3, -0.25) is 0 Å². The van der Waals surface area contributed by atoms with Crippen molar-refractivity contribution >= 4 is 0 Å². The Kier molecular flexibility index (Phi) is 2.46. The van der Waals surface area contributed by atoms with Gasteiger partial charge in [-0.25, -0.2) is 0 Å². The maximum absolute atomic E-state index is 5.44. The Balaban J connectivity index is 2.02. The first-order valence-corrected chi connectivity index (χ1v) is 5.45. The quantitative estimate of drug-likeness (QED) is 0.470. The first-order chi connectivity index (χ1) is 6.18. The van der Waals surface area contributed by atoms with E-state index in [2.05, 4.69) is 20.4 Å². The van der Waals surface area contributed by atoms with E-state index in [9.17, 15) is 0 Å². The highest BCUT2D eigenvalue weighted by atomic mass is 16.6. The van der Waals surface area contributed by atoms with Crippen LogP contribution in [0.2, 0.25) is 0 Å². The van der Waals surface area contributed by atoms with Crippen LogP contribution in [0, 0.1) is 17.8 Å². The third-order valence-electron chi connectivity index (χ3n) is 3.63. The highest BCUT2D eigenvalue weighted by molar-refractivity contribution is 5.04. The first-order valence-electron chi connectivity index (χ1n) is 5.45. The van der Waals surface area contributed by atoms with E-state index < -0.39 is 0 Å². The summed E-state index contributed by atoms with van der Waals surface area (Å²) in [4.78, 5) is 0. The zero-order valence-corrected chi connectivity index (χ0v) is 8.75. The Labute approximate surface area is 81.2 Å². The minimum atomic E-state index is 0.574. The fourth-order valence-corrected chi connectivity index (χ4v) is 2.75. The van der Waals surface area contributed by atoms with Crippen LogP contribution in [0.25, 0.3) is 0 Å². The highest BCUT2D eigenvalue weighted by Crippen LogP contribution is 2.42. The minimum Gasteiger partial charge on any atom is -0.373 e. The third kappa shape index (κ3) is 1.96. The summed E-state index contributed by atoms with van der Waals surface area (Å²) in [5, 5.41) is 0. The minimum absolute atomic E-state index is 0.574. The molecule has 0 radical (unpaired) electrons. The van der Waals surface area contributed by atoms with Gasteiger partial charge in [0.2, 0.25) is 0 Å². The van der Waals surface area contributed by atoms with Crippen molar-refractivity contribution in [2.75, 3.05) is 6.61 Å². The molecule has 1 aliphatic carbocycles. The van der Waals surface area contributed by atoms with E-state index in [4.69, 9.17) is 4.74 Å². The molecule has 1 heteroatoms. The van der Waals surface area contributed by atoms with Crippen molar-refractivity contribution in [3.63, 3.8) is 0 Å². The Morgan fingerprint density at radius 3 is 2.62 bits per heavy atom. The maximum atomic E-state index is 5.44. The number of allylic oxidation sites excluding steroid dienone is 1. The molecule has 1 saturated carbocycles. The SMILES string of the molecule is C=C(C)C1CCC(C)CC1C1CO1. The lowest BCUT2D eigenvalue weighted by Gasteiger charge is -2.34. The predicted octanol–water partition coefficient (Wildman–Crippen LogP) is 3.01. The largest absolute Gasteiger partial charge is 0.373 e. The van der Waals surface area contributed by atoms with Crippen LogP contribution in [0.1, 0.15) is 33.1 Å². The molecule has 0 aromatic carbocycles. The fourth-order valence-electron chi connectivity index (χ4n) is 2.75. The van der Waals surface area contributed by atoms with Crippen LogP contribution >= 0.6 is 0 Å². The number of epoxide rings is 1. The van der Waals surface area contributed by atoms with E-state index in [-0.39, 0.29) is 0 Å². The van der Waals surface area contributed by atoms with Crippen LogP contribution in [0.3, 0.4) is 0 Å². The van der Waals surface area contributed by atoms with Gasteiger partial charge in [0.25, 0.3) is 0 Å². The molecule has 1 aliphatic heterocycles. The second kappa shape index (κ2) is 3.45. The van der Waals surface area contributed by atoms with Crippen molar-refractivity contribution in [1.82, 2.24) is 0 Å². The van der Waals surface area contributed by atoms with Gasteiger partial charge in [0, 0.05) is 0 Å². The summed E-state index contributed by atoms with van der Waals surface area (Å²) in [5.74, 6) is 2.41.